The lowest BCUT2D eigenvalue weighted by molar-refractivity contribution is -0.120. The number of hydrogen-bond acceptors (Lipinski definition) is 4. The van der Waals surface area contributed by atoms with Crippen LogP contribution in [-0.2, 0) is 14.6 Å². The highest BCUT2D eigenvalue weighted by Crippen LogP contribution is 2.27. The van der Waals surface area contributed by atoms with E-state index in [1.165, 1.54) is 24.3 Å². The third-order valence-electron chi connectivity index (χ3n) is 4.65. The van der Waals surface area contributed by atoms with E-state index in [9.17, 15) is 18.0 Å². The molecule has 2 amide bonds. The molecule has 1 aliphatic carbocycles. The van der Waals surface area contributed by atoms with Gasteiger partial charge < -0.3 is 10.6 Å². The molecule has 0 saturated carbocycles. The van der Waals surface area contributed by atoms with Gasteiger partial charge in [-0.3, -0.25) is 9.59 Å². The van der Waals surface area contributed by atoms with Crippen LogP contribution >= 0.6 is 11.6 Å². The van der Waals surface area contributed by atoms with Crippen molar-refractivity contribution in [3.63, 3.8) is 0 Å². The van der Waals surface area contributed by atoms with E-state index in [1.807, 2.05) is 6.08 Å². The first-order valence-electron chi connectivity index (χ1n) is 9.11. The Kier molecular flexibility index (Phi) is 6.39. The summed E-state index contributed by atoms with van der Waals surface area (Å²) in [7, 11) is -3.42. The molecule has 0 heterocycles. The second kappa shape index (κ2) is 8.80. The van der Waals surface area contributed by atoms with E-state index in [4.69, 9.17) is 11.6 Å². The van der Waals surface area contributed by atoms with Gasteiger partial charge in [-0.1, -0.05) is 29.8 Å². The van der Waals surface area contributed by atoms with E-state index in [1.54, 1.807) is 18.2 Å². The number of allylic oxidation sites excluding steroid dienone is 2. The van der Waals surface area contributed by atoms with Gasteiger partial charge in [0.1, 0.15) is 0 Å². The van der Waals surface area contributed by atoms with E-state index in [0.717, 1.165) is 25.5 Å². The molecule has 0 spiro atoms. The molecule has 0 fully saturated rings. The number of nitrogens with one attached hydrogen (secondary N) is 2. The topological polar surface area (TPSA) is 92.3 Å². The number of rotatable bonds is 5. The van der Waals surface area contributed by atoms with Crippen molar-refractivity contribution in [1.29, 1.82) is 0 Å². The molecule has 8 heteroatoms. The van der Waals surface area contributed by atoms with E-state index in [2.05, 4.69) is 16.7 Å². The Morgan fingerprint density at radius 1 is 1.07 bits per heavy atom. The Hall–Kier alpha value is -2.64. The van der Waals surface area contributed by atoms with Crippen molar-refractivity contribution in [1.82, 2.24) is 0 Å². The van der Waals surface area contributed by atoms with E-state index in [-0.39, 0.29) is 27.3 Å². The van der Waals surface area contributed by atoms with Crippen LogP contribution in [0.4, 0.5) is 11.4 Å². The number of carbonyl (C=O) groups is 2. The van der Waals surface area contributed by atoms with Crippen molar-refractivity contribution >= 4 is 44.6 Å². The van der Waals surface area contributed by atoms with Gasteiger partial charge in [-0.05, 0) is 55.7 Å². The van der Waals surface area contributed by atoms with Gasteiger partial charge in [0.25, 0.3) is 5.91 Å². The molecule has 0 saturated heterocycles. The maximum absolute atomic E-state index is 12.5. The summed E-state index contributed by atoms with van der Waals surface area (Å²) in [5.41, 5.74) is 1.11. The van der Waals surface area contributed by atoms with Crippen molar-refractivity contribution in [2.24, 2.45) is 5.92 Å². The van der Waals surface area contributed by atoms with Crippen molar-refractivity contribution in [3.8, 4) is 0 Å². The molecule has 0 bridgehead atoms. The summed E-state index contributed by atoms with van der Waals surface area (Å²) < 4.78 is 23.3. The Bertz CT molecular complexity index is 1080. The van der Waals surface area contributed by atoms with Crippen LogP contribution in [0.3, 0.4) is 0 Å². The van der Waals surface area contributed by atoms with Crippen LogP contribution < -0.4 is 10.6 Å². The molecule has 2 aromatic carbocycles. The van der Waals surface area contributed by atoms with Crippen LogP contribution in [0.15, 0.2) is 59.5 Å². The van der Waals surface area contributed by atoms with Gasteiger partial charge in [-0.25, -0.2) is 8.42 Å². The van der Waals surface area contributed by atoms with Crippen molar-refractivity contribution in [2.75, 3.05) is 16.9 Å². The summed E-state index contributed by atoms with van der Waals surface area (Å²) in [6.45, 7) is 0. The van der Waals surface area contributed by atoms with Crippen LogP contribution in [0.1, 0.15) is 29.6 Å². The summed E-state index contributed by atoms with van der Waals surface area (Å²) >= 11 is 6.26. The Balaban J connectivity index is 1.70. The molecule has 29 heavy (non-hydrogen) atoms. The summed E-state index contributed by atoms with van der Waals surface area (Å²) in [4.78, 5) is 24.9. The highest BCUT2D eigenvalue weighted by atomic mass is 35.5. The quantitative estimate of drug-likeness (QED) is 0.689. The average Bonchev–Trinajstić information content (AvgIpc) is 2.70. The highest BCUT2D eigenvalue weighted by Gasteiger charge is 2.19. The van der Waals surface area contributed by atoms with Gasteiger partial charge in [0.2, 0.25) is 5.91 Å². The molecule has 1 unspecified atom stereocenters. The van der Waals surface area contributed by atoms with Gasteiger partial charge in [-0.15, -0.1) is 0 Å². The largest absolute Gasteiger partial charge is 0.326 e. The van der Waals surface area contributed by atoms with E-state index >= 15 is 0 Å². The number of anilines is 2. The summed E-state index contributed by atoms with van der Waals surface area (Å²) in [6.07, 6.45) is 7.60. The molecule has 152 valence electrons. The lowest BCUT2D eigenvalue weighted by atomic mass is 9.93. The van der Waals surface area contributed by atoms with Gasteiger partial charge >= 0.3 is 0 Å². The predicted molar refractivity (Wildman–Crippen MR) is 114 cm³/mol. The molecule has 6 nitrogen and oxygen atoms in total. The first-order chi connectivity index (χ1) is 13.7. The third kappa shape index (κ3) is 5.46. The van der Waals surface area contributed by atoms with Crippen LogP contribution in [-0.4, -0.2) is 26.5 Å². The van der Waals surface area contributed by atoms with Crippen LogP contribution in [0.25, 0.3) is 0 Å². The van der Waals surface area contributed by atoms with Gasteiger partial charge in [-0.2, -0.15) is 0 Å². The smallest absolute Gasteiger partial charge is 0.255 e. The molecule has 2 N–H and O–H groups in total. The fraction of sp³-hybridized carbons (Fsp3) is 0.238. The maximum atomic E-state index is 12.5. The minimum absolute atomic E-state index is 0.0553. The second-order valence-corrected chi connectivity index (χ2v) is 9.34. The third-order valence-corrected chi connectivity index (χ3v) is 6.07. The van der Waals surface area contributed by atoms with Crippen LogP contribution in [0.2, 0.25) is 5.02 Å². The molecule has 0 aliphatic heterocycles. The van der Waals surface area contributed by atoms with Crippen LogP contribution in [0, 0.1) is 5.92 Å². The molecule has 3 rings (SSSR count). The molecule has 0 radical (unpaired) electrons. The maximum Gasteiger partial charge on any atom is 0.255 e. The minimum atomic E-state index is -3.42. The van der Waals surface area contributed by atoms with Crippen molar-refractivity contribution in [3.05, 3.63) is 65.2 Å². The molecule has 1 aliphatic rings. The Morgan fingerprint density at radius 2 is 1.86 bits per heavy atom. The zero-order chi connectivity index (χ0) is 21.0. The number of sulfone groups is 1. The monoisotopic (exact) mass is 432 g/mol. The van der Waals surface area contributed by atoms with Gasteiger partial charge in [0.05, 0.1) is 15.6 Å². The summed E-state index contributed by atoms with van der Waals surface area (Å²) in [6, 6.07) is 10.6. The van der Waals surface area contributed by atoms with Gasteiger partial charge in [0, 0.05) is 23.4 Å². The van der Waals surface area contributed by atoms with E-state index in [0.29, 0.717) is 11.4 Å². The van der Waals surface area contributed by atoms with Crippen LogP contribution in [0.5, 0.6) is 0 Å². The lowest BCUT2D eigenvalue weighted by Gasteiger charge is -2.17. The average molecular weight is 433 g/mol. The van der Waals surface area contributed by atoms with E-state index < -0.39 is 15.7 Å². The number of carbonyl (C=O) groups excluding carboxylic acids is 2. The standard InChI is InChI=1S/C21H21ClN2O4S/c1-29(27,28)17-9-5-8-15(12-17)21(26)24-19-11-10-16(13-18(19)22)23-20(25)14-6-3-2-4-7-14/h2-3,5,8-14H,4,6-7H2,1H3,(H,23,25)(H,24,26). The number of halogens is 1. The SMILES string of the molecule is CS(=O)(=O)c1cccc(C(=O)Nc2ccc(NC(=O)C3CC=CCC3)cc2Cl)c1. The molecule has 1 atom stereocenters. The minimum Gasteiger partial charge on any atom is -0.326 e. The summed E-state index contributed by atoms with van der Waals surface area (Å²) in [5, 5.41) is 5.78. The Labute approximate surface area is 174 Å². The lowest BCUT2D eigenvalue weighted by Crippen LogP contribution is -2.23. The predicted octanol–water partition coefficient (Wildman–Crippen LogP) is 4.29. The van der Waals surface area contributed by atoms with Crippen molar-refractivity contribution in [2.45, 2.75) is 24.2 Å². The summed E-state index contributed by atoms with van der Waals surface area (Å²) in [5.74, 6) is -0.594. The first-order valence-corrected chi connectivity index (χ1v) is 11.4. The molecular formula is C21H21ClN2O4S. The molecule has 0 aromatic heterocycles. The molecule has 2 aromatic rings. The second-order valence-electron chi connectivity index (χ2n) is 6.92. The fourth-order valence-electron chi connectivity index (χ4n) is 3.03. The Morgan fingerprint density at radius 3 is 2.52 bits per heavy atom. The zero-order valence-electron chi connectivity index (χ0n) is 15.8. The number of amides is 2. The highest BCUT2D eigenvalue weighted by molar-refractivity contribution is 7.90. The normalized spacial score (nSPS) is 16.3. The number of benzene rings is 2. The zero-order valence-corrected chi connectivity index (χ0v) is 17.4. The number of hydrogen-bond donors (Lipinski definition) is 2. The van der Waals surface area contributed by atoms with Gasteiger partial charge in [0.15, 0.2) is 9.84 Å². The first kappa shape index (κ1) is 21.1. The van der Waals surface area contributed by atoms with Crippen molar-refractivity contribution < 1.29 is 18.0 Å². The fourth-order valence-corrected chi connectivity index (χ4v) is 3.93. The molecular weight excluding hydrogens is 412 g/mol.